The number of benzene rings is 1. The lowest BCUT2D eigenvalue weighted by molar-refractivity contribution is 0.155. The number of hydrogen-bond acceptors (Lipinski definition) is 3. The molecule has 0 aromatic heterocycles. The van der Waals surface area contributed by atoms with E-state index in [1.54, 1.807) is 0 Å². The Morgan fingerprint density at radius 2 is 1.89 bits per heavy atom. The van der Waals surface area contributed by atoms with E-state index in [-0.39, 0.29) is 19.0 Å². The molecule has 0 bridgehead atoms. The molecule has 19 heavy (non-hydrogen) atoms. The van der Waals surface area contributed by atoms with Gasteiger partial charge in [-0.3, -0.25) is 0 Å². The van der Waals surface area contributed by atoms with Crippen LogP contribution < -0.4 is 9.44 Å². The molecular weight excluding hydrogens is 332 g/mol. The molecular formula is C12H17BrN2O3S. The molecule has 7 heteroatoms. The third-order valence-electron chi connectivity index (χ3n) is 3.03. The van der Waals surface area contributed by atoms with Crippen LogP contribution in [0.4, 0.5) is 0 Å². The highest BCUT2D eigenvalue weighted by Crippen LogP contribution is 2.32. The maximum atomic E-state index is 11.7. The summed E-state index contributed by atoms with van der Waals surface area (Å²) >= 11 is 3.32. The predicted molar refractivity (Wildman–Crippen MR) is 76.6 cm³/mol. The maximum absolute atomic E-state index is 11.7. The van der Waals surface area contributed by atoms with Crippen LogP contribution in [0, 0.1) is 5.92 Å². The Balaban J connectivity index is 1.78. The average molecular weight is 349 g/mol. The van der Waals surface area contributed by atoms with Gasteiger partial charge in [-0.25, -0.2) is 0 Å². The van der Waals surface area contributed by atoms with Gasteiger partial charge in [-0.15, -0.1) is 0 Å². The summed E-state index contributed by atoms with van der Waals surface area (Å²) in [4.78, 5) is 0. The molecule has 1 fully saturated rings. The van der Waals surface area contributed by atoms with Crippen molar-refractivity contribution in [1.29, 1.82) is 0 Å². The van der Waals surface area contributed by atoms with Crippen molar-refractivity contribution in [3.63, 3.8) is 0 Å². The number of aliphatic hydroxyl groups excluding tert-OH is 1. The summed E-state index contributed by atoms with van der Waals surface area (Å²) < 4.78 is 29.1. The van der Waals surface area contributed by atoms with Gasteiger partial charge in [-0.05, 0) is 36.5 Å². The largest absolute Gasteiger partial charge is 0.391 e. The van der Waals surface area contributed by atoms with E-state index < -0.39 is 16.3 Å². The van der Waals surface area contributed by atoms with E-state index in [0.717, 1.165) is 22.9 Å². The van der Waals surface area contributed by atoms with Gasteiger partial charge in [0.25, 0.3) is 10.2 Å². The molecule has 5 nitrogen and oxygen atoms in total. The van der Waals surface area contributed by atoms with Gasteiger partial charge < -0.3 is 5.11 Å². The summed E-state index contributed by atoms with van der Waals surface area (Å²) in [5, 5.41) is 9.61. The Morgan fingerprint density at radius 1 is 1.26 bits per heavy atom. The van der Waals surface area contributed by atoms with Crippen LogP contribution in [-0.2, 0) is 16.8 Å². The van der Waals surface area contributed by atoms with Crippen molar-refractivity contribution in [1.82, 2.24) is 9.44 Å². The average Bonchev–Trinajstić information content (AvgIpc) is 3.20. The quantitative estimate of drug-likeness (QED) is 0.691. The minimum Gasteiger partial charge on any atom is -0.391 e. The zero-order chi connectivity index (χ0) is 13.9. The Morgan fingerprint density at radius 3 is 2.47 bits per heavy atom. The van der Waals surface area contributed by atoms with E-state index in [9.17, 15) is 13.5 Å². The molecule has 1 aliphatic carbocycles. The van der Waals surface area contributed by atoms with Crippen LogP contribution in [0.2, 0.25) is 0 Å². The lowest BCUT2D eigenvalue weighted by Crippen LogP contribution is -2.40. The summed E-state index contributed by atoms with van der Waals surface area (Å²) in [6.07, 6.45) is 1.38. The molecule has 1 aliphatic rings. The van der Waals surface area contributed by atoms with Crippen LogP contribution in [0.1, 0.15) is 18.4 Å². The molecule has 1 aromatic carbocycles. The SMILES string of the molecule is O=S(=O)(NCc1ccc(Br)cc1)NCC(O)C1CC1. The second-order valence-electron chi connectivity index (χ2n) is 4.70. The minimum atomic E-state index is -3.56. The maximum Gasteiger partial charge on any atom is 0.277 e. The molecule has 1 atom stereocenters. The summed E-state index contributed by atoms with van der Waals surface area (Å²) in [5.74, 6) is 0.258. The monoisotopic (exact) mass is 348 g/mol. The lowest BCUT2D eigenvalue weighted by atomic mass is 10.2. The van der Waals surface area contributed by atoms with Crippen molar-refractivity contribution >= 4 is 26.1 Å². The third-order valence-corrected chi connectivity index (χ3v) is 4.63. The standard InChI is InChI=1S/C12H17BrN2O3S/c13-11-5-1-9(2-6-11)7-14-19(17,18)15-8-12(16)10-3-4-10/h1-2,5-6,10,12,14-16H,3-4,7-8H2. The zero-order valence-corrected chi connectivity index (χ0v) is 12.7. The Hall–Kier alpha value is -0.470. The number of hydrogen-bond donors (Lipinski definition) is 3. The van der Waals surface area contributed by atoms with E-state index >= 15 is 0 Å². The topological polar surface area (TPSA) is 78.4 Å². The molecule has 1 unspecified atom stereocenters. The number of rotatable bonds is 7. The van der Waals surface area contributed by atoms with Crippen LogP contribution in [0.5, 0.6) is 0 Å². The van der Waals surface area contributed by atoms with Gasteiger partial charge in [0.15, 0.2) is 0 Å². The molecule has 3 N–H and O–H groups in total. The van der Waals surface area contributed by atoms with Crippen molar-refractivity contribution in [2.75, 3.05) is 6.54 Å². The van der Waals surface area contributed by atoms with Crippen molar-refractivity contribution in [2.24, 2.45) is 5.92 Å². The summed E-state index contributed by atoms with van der Waals surface area (Å²) in [7, 11) is -3.56. The Labute approximate surface area is 121 Å². The van der Waals surface area contributed by atoms with E-state index in [1.165, 1.54) is 0 Å². The molecule has 1 saturated carbocycles. The van der Waals surface area contributed by atoms with Crippen LogP contribution in [0.25, 0.3) is 0 Å². The van der Waals surface area contributed by atoms with Crippen LogP contribution in [-0.4, -0.2) is 26.2 Å². The van der Waals surface area contributed by atoms with Crippen molar-refractivity contribution in [2.45, 2.75) is 25.5 Å². The fraction of sp³-hybridized carbons (Fsp3) is 0.500. The summed E-state index contributed by atoms with van der Waals surface area (Å²) in [6, 6.07) is 7.39. The summed E-state index contributed by atoms with van der Waals surface area (Å²) in [6.45, 7) is 0.294. The number of halogens is 1. The first-order valence-electron chi connectivity index (χ1n) is 6.13. The van der Waals surface area contributed by atoms with Gasteiger partial charge in [-0.2, -0.15) is 17.9 Å². The number of aliphatic hydroxyl groups is 1. The molecule has 0 saturated heterocycles. The first-order chi connectivity index (χ1) is 8.96. The highest BCUT2D eigenvalue weighted by atomic mass is 79.9. The first-order valence-corrected chi connectivity index (χ1v) is 8.41. The van der Waals surface area contributed by atoms with Gasteiger partial charge in [0.05, 0.1) is 6.10 Å². The third kappa shape index (κ3) is 5.19. The lowest BCUT2D eigenvalue weighted by Gasteiger charge is -2.12. The molecule has 106 valence electrons. The first kappa shape index (κ1) is 14.9. The van der Waals surface area contributed by atoms with Gasteiger partial charge >= 0.3 is 0 Å². The molecule has 0 spiro atoms. The second kappa shape index (κ2) is 6.32. The van der Waals surface area contributed by atoms with E-state index in [2.05, 4.69) is 25.4 Å². The second-order valence-corrected chi connectivity index (χ2v) is 7.20. The zero-order valence-electron chi connectivity index (χ0n) is 10.3. The van der Waals surface area contributed by atoms with Crippen LogP contribution >= 0.6 is 15.9 Å². The molecule has 0 radical (unpaired) electrons. The van der Waals surface area contributed by atoms with Gasteiger partial charge in [0.1, 0.15) is 0 Å². The molecule has 2 rings (SSSR count). The molecule has 0 amide bonds. The highest BCUT2D eigenvalue weighted by molar-refractivity contribution is 9.10. The molecule has 1 aromatic rings. The predicted octanol–water partition coefficient (Wildman–Crippen LogP) is 1.14. The van der Waals surface area contributed by atoms with Crippen molar-refractivity contribution < 1.29 is 13.5 Å². The van der Waals surface area contributed by atoms with E-state index in [1.807, 2.05) is 24.3 Å². The highest BCUT2D eigenvalue weighted by Gasteiger charge is 2.30. The van der Waals surface area contributed by atoms with E-state index in [0.29, 0.717) is 0 Å². The molecule has 0 heterocycles. The Kier molecular flexibility index (Phi) is 4.97. The van der Waals surface area contributed by atoms with Gasteiger partial charge in [0, 0.05) is 17.6 Å². The Bertz CT molecular complexity index is 514. The fourth-order valence-electron chi connectivity index (χ4n) is 1.67. The smallest absolute Gasteiger partial charge is 0.277 e. The minimum absolute atomic E-state index is 0.0698. The van der Waals surface area contributed by atoms with Crippen molar-refractivity contribution in [3.05, 3.63) is 34.3 Å². The molecule has 0 aliphatic heterocycles. The van der Waals surface area contributed by atoms with Gasteiger partial charge in [-0.1, -0.05) is 28.1 Å². The van der Waals surface area contributed by atoms with Crippen LogP contribution in [0.3, 0.4) is 0 Å². The normalized spacial score (nSPS) is 17.4. The number of nitrogens with one attached hydrogen (secondary N) is 2. The van der Waals surface area contributed by atoms with Crippen LogP contribution in [0.15, 0.2) is 28.7 Å². The summed E-state index contributed by atoms with van der Waals surface area (Å²) in [5.41, 5.74) is 0.872. The van der Waals surface area contributed by atoms with Gasteiger partial charge in [0.2, 0.25) is 0 Å². The fourth-order valence-corrected chi connectivity index (χ4v) is 2.79. The van der Waals surface area contributed by atoms with E-state index in [4.69, 9.17) is 0 Å². The van der Waals surface area contributed by atoms with Crippen molar-refractivity contribution in [3.8, 4) is 0 Å².